The van der Waals surface area contributed by atoms with Crippen molar-refractivity contribution in [2.75, 3.05) is 16.8 Å². The number of ether oxygens (including phenoxy) is 1. The van der Waals surface area contributed by atoms with Gasteiger partial charge in [0.15, 0.2) is 0 Å². The van der Waals surface area contributed by atoms with Crippen molar-refractivity contribution in [2.45, 2.75) is 38.3 Å². The van der Waals surface area contributed by atoms with Crippen LogP contribution in [0, 0.1) is 18.8 Å². The molecule has 9 heteroatoms. The molecule has 0 bridgehead atoms. The van der Waals surface area contributed by atoms with Crippen LogP contribution in [0.3, 0.4) is 0 Å². The Balaban J connectivity index is 1.48. The van der Waals surface area contributed by atoms with Crippen molar-refractivity contribution in [1.29, 1.82) is 0 Å². The van der Waals surface area contributed by atoms with E-state index in [0.29, 0.717) is 34.3 Å². The molecule has 6 rings (SSSR count). The lowest BCUT2D eigenvalue weighted by Crippen LogP contribution is -2.54. The molecule has 1 spiro atoms. The van der Waals surface area contributed by atoms with Gasteiger partial charge in [-0.05, 0) is 62.2 Å². The number of rotatable bonds is 2. The standard InChI is InChI=1S/C25H22ClN3O5/c1-12-10-16-21(17(26)11-12)27-24(33)25(16)20-19(18-4-3-9-28(18)25)22(31)29(23(20)32)14-5-7-15(8-6-14)34-13(2)30/h5-8,10-11,18-20H,3-4,9H2,1-2H3,(H,27,33)/t18-,19+,20-,25+/m0/s1. The highest BCUT2D eigenvalue weighted by molar-refractivity contribution is 6.35. The van der Waals surface area contributed by atoms with Crippen LogP contribution in [0.4, 0.5) is 11.4 Å². The largest absolute Gasteiger partial charge is 0.427 e. The second-order valence-corrected chi connectivity index (χ2v) is 9.80. The lowest BCUT2D eigenvalue weighted by atomic mass is 9.75. The van der Waals surface area contributed by atoms with Gasteiger partial charge in [0.1, 0.15) is 11.3 Å². The van der Waals surface area contributed by atoms with E-state index in [0.717, 1.165) is 18.4 Å². The number of hydrogen-bond donors (Lipinski definition) is 1. The maximum atomic E-state index is 14.0. The number of halogens is 1. The van der Waals surface area contributed by atoms with Gasteiger partial charge in [0.05, 0.1) is 28.2 Å². The van der Waals surface area contributed by atoms with Crippen molar-refractivity contribution < 1.29 is 23.9 Å². The third kappa shape index (κ3) is 2.58. The summed E-state index contributed by atoms with van der Waals surface area (Å²) in [5.41, 5.74) is 1.20. The lowest BCUT2D eigenvalue weighted by Gasteiger charge is -2.36. The number of carbonyl (C=O) groups excluding carboxylic acids is 4. The second-order valence-electron chi connectivity index (χ2n) is 9.40. The Labute approximate surface area is 200 Å². The van der Waals surface area contributed by atoms with Crippen LogP contribution in [0.15, 0.2) is 36.4 Å². The molecule has 0 unspecified atom stereocenters. The highest BCUT2D eigenvalue weighted by Crippen LogP contribution is 2.61. The van der Waals surface area contributed by atoms with E-state index in [1.807, 2.05) is 13.0 Å². The maximum Gasteiger partial charge on any atom is 0.308 e. The van der Waals surface area contributed by atoms with E-state index in [1.54, 1.807) is 30.3 Å². The minimum absolute atomic E-state index is 0.206. The fraction of sp³-hybridized carbons (Fsp3) is 0.360. The van der Waals surface area contributed by atoms with Gasteiger partial charge in [-0.25, -0.2) is 4.90 Å². The minimum atomic E-state index is -1.27. The van der Waals surface area contributed by atoms with Gasteiger partial charge in [0.2, 0.25) is 11.8 Å². The average Bonchev–Trinajstić information content (AvgIpc) is 3.48. The van der Waals surface area contributed by atoms with E-state index < -0.39 is 29.3 Å². The lowest BCUT2D eigenvalue weighted by molar-refractivity contribution is -0.135. The summed E-state index contributed by atoms with van der Waals surface area (Å²) in [7, 11) is 0. The van der Waals surface area contributed by atoms with Crippen molar-refractivity contribution in [1.82, 2.24) is 4.90 Å². The van der Waals surface area contributed by atoms with Crippen molar-refractivity contribution in [3.8, 4) is 5.75 Å². The summed E-state index contributed by atoms with van der Waals surface area (Å²) < 4.78 is 5.07. The van der Waals surface area contributed by atoms with E-state index in [2.05, 4.69) is 10.2 Å². The zero-order chi connectivity index (χ0) is 23.9. The van der Waals surface area contributed by atoms with E-state index >= 15 is 0 Å². The van der Waals surface area contributed by atoms with Crippen LogP contribution in [-0.4, -0.2) is 41.2 Å². The first kappa shape index (κ1) is 21.3. The van der Waals surface area contributed by atoms with Crippen LogP contribution in [-0.2, 0) is 24.7 Å². The third-order valence-electron chi connectivity index (χ3n) is 7.55. The van der Waals surface area contributed by atoms with Gasteiger partial charge >= 0.3 is 5.97 Å². The number of amides is 3. The molecule has 34 heavy (non-hydrogen) atoms. The predicted molar refractivity (Wildman–Crippen MR) is 123 cm³/mol. The highest BCUT2D eigenvalue weighted by Gasteiger charge is 2.74. The molecule has 4 heterocycles. The quantitative estimate of drug-likeness (QED) is 0.404. The number of benzene rings is 2. The number of fused-ring (bicyclic) bond motifs is 7. The van der Waals surface area contributed by atoms with Gasteiger partial charge in [0, 0.05) is 18.5 Å². The summed E-state index contributed by atoms with van der Waals surface area (Å²) in [4.78, 5) is 55.9. The normalized spacial score (nSPS) is 29.4. The summed E-state index contributed by atoms with van der Waals surface area (Å²) in [5, 5.41) is 3.35. The summed E-state index contributed by atoms with van der Waals surface area (Å²) in [6.07, 6.45) is 1.58. The molecule has 0 aromatic heterocycles. The fourth-order valence-corrected chi connectivity index (χ4v) is 6.80. The van der Waals surface area contributed by atoms with Crippen LogP contribution in [0.5, 0.6) is 5.75 Å². The van der Waals surface area contributed by atoms with Crippen molar-refractivity contribution in [3.05, 3.63) is 52.5 Å². The number of aryl methyl sites for hydroxylation is 1. The maximum absolute atomic E-state index is 14.0. The summed E-state index contributed by atoms with van der Waals surface area (Å²) >= 11 is 6.50. The zero-order valence-corrected chi connectivity index (χ0v) is 19.4. The van der Waals surface area contributed by atoms with Gasteiger partial charge in [-0.2, -0.15) is 0 Å². The number of hydrogen-bond acceptors (Lipinski definition) is 6. The first-order valence-corrected chi connectivity index (χ1v) is 11.7. The summed E-state index contributed by atoms with van der Waals surface area (Å²) in [6, 6.07) is 9.74. The van der Waals surface area contributed by atoms with Crippen molar-refractivity contribution in [2.24, 2.45) is 11.8 Å². The van der Waals surface area contributed by atoms with Crippen molar-refractivity contribution >= 4 is 46.7 Å². The van der Waals surface area contributed by atoms with Gasteiger partial charge in [-0.1, -0.05) is 17.7 Å². The molecule has 3 amide bonds. The number of carbonyl (C=O) groups is 4. The average molecular weight is 480 g/mol. The highest BCUT2D eigenvalue weighted by atomic mass is 35.5. The smallest absolute Gasteiger partial charge is 0.308 e. The molecule has 3 fully saturated rings. The Morgan fingerprint density at radius 1 is 1.15 bits per heavy atom. The van der Waals surface area contributed by atoms with Gasteiger partial charge in [-0.3, -0.25) is 24.1 Å². The molecule has 4 atom stereocenters. The molecule has 0 saturated carbocycles. The first-order chi connectivity index (χ1) is 16.2. The number of anilines is 2. The molecule has 4 aliphatic heterocycles. The van der Waals surface area contributed by atoms with Gasteiger partial charge in [-0.15, -0.1) is 0 Å². The zero-order valence-electron chi connectivity index (χ0n) is 18.6. The van der Waals surface area contributed by atoms with Crippen LogP contribution < -0.4 is 15.0 Å². The number of esters is 1. The Hall–Kier alpha value is -3.23. The summed E-state index contributed by atoms with van der Waals surface area (Å²) in [6.45, 7) is 3.83. The third-order valence-corrected chi connectivity index (χ3v) is 7.85. The minimum Gasteiger partial charge on any atom is -0.427 e. The monoisotopic (exact) mass is 479 g/mol. The molecule has 0 radical (unpaired) electrons. The topological polar surface area (TPSA) is 96.0 Å². The molecule has 174 valence electrons. The molecule has 1 N–H and O–H groups in total. The molecule has 2 aromatic carbocycles. The Morgan fingerprint density at radius 2 is 1.88 bits per heavy atom. The molecule has 2 aromatic rings. The van der Waals surface area contributed by atoms with Crippen LogP contribution >= 0.6 is 11.6 Å². The van der Waals surface area contributed by atoms with Crippen molar-refractivity contribution in [3.63, 3.8) is 0 Å². The Kier molecular flexibility index (Phi) is 4.47. The molecular weight excluding hydrogens is 458 g/mol. The molecular formula is C25H22ClN3O5. The molecule has 0 aliphatic carbocycles. The Morgan fingerprint density at radius 3 is 2.59 bits per heavy atom. The van der Waals surface area contributed by atoms with Crippen LogP contribution in [0.25, 0.3) is 0 Å². The number of nitrogens with zero attached hydrogens (tertiary/aromatic N) is 2. The molecule has 8 nitrogen and oxygen atoms in total. The second kappa shape index (κ2) is 7.13. The predicted octanol–water partition coefficient (Wildman–Crippen LogP) is 3.00. The first-order valence-electron chi connectivity index (χ1n) is 11.3. The van der Waals surface area contributed by atoms with Gasteiger partial charge in [0.25, 0.3) is 5.91 Å². The van der Waals surface area contributed by atoms with E-state index in [-0.39, 0.29) is 17.9 Å². The number of nitrogens with one attached hydrogen (secondary N) is 1. The SMILES string of the molecule is CC(=O)Oc1ccc(N2C(=O)[C@H]3[C@@H](C2=O)[C@]2(C(=O)Nc4c(Cl)cc(C)cc42)N2CCC[C@@H]32)cc1. The van der Waals surface area contributed by atoms with Gasteiger partial charge < -0.3 is 10.1 Å². The summed E-state index contributed by atoms with van der Waals surface area (Å²) in [5.74, 6) is -2.62. The van der Waals surface area contributed by atoms with E-state index in [9.17, 15) is 19.2 Å². The number of imide groups is 1. The van der Waals surface area contributed by atoms with Crippen LogP contribution in [0.1, 0.15) is 30.9 Å². The molecule has 4 aliphatic rings. The Bertz CT molecular complexity index is 1290. The van der Waals surface area contributed by atoms with E-state index in [4.69, 9.17) is 16.3 Å². The molecule has 3 saturated heterocycles. The van der Waals surface area contributed by atoms with E-state index in [1.165, 1.54) is 11.8 Å². The fourth-order valence-electron chi connectivity index (χ4n) is 6.48. The van der Waals surface area contributed by atoms with Crippen LogP contribution in [0.2, 0.25) is 5.02 Å².